The zero-order chi connectivity index (χ0) is 35.3. The number of benzene rings is 3. The number of nitrogens with one attached hydrogen (secondary N) is 1. The van der Waals surface area contributed by atoms with E-state index in [1.807, 2.05) is 43.6 Å². The van der Waals surface area contributed by atoms with Crippen LogP contribution in [0.2, 0.25) is 0 Å². The number of ether oxygens (including phenoxy) is 1. The van der Waals surface area contributed by atoms with E-state index in [0.29, 0.717) is 32.0 Å². The number of likely N-dealkylation sites (tertiary alicyclic amines) is 1. The summed E-state index contributed by atoms with van der Waals surface area (Å²) in [6.45, 7) is 15.0. The predicted octanol–water partition coefficient (Wildman–Crippen LogP) is 8.41. The van der Waals surface area contributed by atoms with Crippen molar-refractivity contribution in [2.75, 3.05) is 61.8 Å². The molecule has 0 bridgehead atoms. The van der Waals surface area contributed by atoms with E-state index in [4.69, 9.17) is 4.74 Å². The predicted molar refractivity (Wildman–Crippen MR) is 206 cm³/mol. The van der Waals surface area contributed by atoms with Gasteiger partial charge in [-0.2, -0.15) is 0 Å². The van der Waals surface area contributed by atoms with Crippen LogP contribution in [0, 0.1) is 19.8 Å². The van der Waals surface area contributed by atoms with E-state index in [-0.39, 0.29) is 12.0 Å². The smallest absolute Gasteiger partial charge is 0.410 e. The van der Waals surface area contributed by atoms with Crippen molar-refractivity contribution in [1.82, 2.24) is 14.8 Å². The lowest BCUT2D eigenvalue weighted by Crippen LogP contribution is -2.50. The number of hydrogen-bond donors (Lipinski definition) is 1. The van der Waals surface area contributed by atoms with E-state index in [1.165, 1.54) is 38.2 Å². The number of carbonyl (C=O) groups excluding carboxylic acids is 2. The molecule has 264 valence electrons. The zero-order valence-corrected chi connectivity index (χ0v) is 31.0. The van der Waals surface area contributed by atoms with Gasteiger partial charge >= 0.3 is 6.09 Å². The highest BCUT2D eigenvalue weighted by molar-refractivity contribution is 7.99. The minimum atomic E-state index is -0.485. The molecule has 2 fully saturated rings. The van der Waals surface area contributed by atoms with E-state index in [9.17, 15) is 9.59 Å². The number of aromatic nitrogens is 1. The van der Waals surface area contributed by atoms with Crippen molar-refractivity contribution in [1.29, 1.82) is 0 Å². The Labute approximate surface area is 301 Å². The van der Waals surface area contributed by atoms with Gasteiger partial charge in [-0.05, 0) is 100 Å². The fourth-order valence-electron chi connectivity index (χ4n) is 6.78. The molecule has 0 saturated carbocycles. The van der Waals surface area contributed by atoms with Crippen LogP contribution in [-0.2, 0) is 9.53 Å². The Bertz CT molecular complexity index is 1790. The summed E-state index contributed by atoms with van der Waals surface area (Å²) < 4.78 is 5.54. The number of pyridine rings is 1. The summed E-state index contributed by atoms with van der Waals surface area (Å²) in [5, 5.41) is 4.67. The molecule has 0 radical (unpaired) electrons. The topological polar surface area (TPSA) is 78.0 Å². The van der Waals surface area contributed by atoms with Crippen LogP contribution in [0.3, 0.4) is 0 Å². The van der Waals surface area contributed by atoms with Crippen LogP contribution in [-0.4, -0.2) is 84.0 Å². The number of piperidine rings is 1. The van der Waals surface area contributed by atoms with Gasteiger partial charge in [-0.15, -0.1) is 11.8 Å². The standard InChI is InChI=1S/C41H51N5O3S/c1-29-6-8-32(9-7-29)33-10-12-35-36(27-33)43-18-14-38(35)50-28-31-16-20-45(21-17-31)39(47)15-19-42-34-11-13-37(30(2)26-34)44-22-24-46(25-23-44)40(48)49-41(3,4)5/h6-14,18,26-27,31,42H,15-17,19-25,28H2,1-5H3. The Balaban J connectivity index is 0.916. The van der Waals surface area contributed by atoms with E-state index in [0.717, 1.165) is 56.0 Å². The lowest BCUT2D eigenvalue weighted by atomic mass is 9.99. The number of aryl methyl sites for hydroxylation is 2. The van der Waals surface area contributed by atoms with Crippen LogP contribution in [0.1, 0.15) is 51.2 Å². The van der Waals surface area contributed by atoms with Crippen LogP contribution in [0.15, 0.2) is 77.8 Å². The van der Waals surface area contributed by atoms with Gasteiger partial charge in [-0.1, -0.05) is 42.0 Å². The molecule has 1 N–H and O–H groups in total. The SMILES string of the molecule is Cc1ccc(-c2ccc3c(SCC4CCN(C(=O)CCNc5ccc(N6CCN(C(=O)OC(C)(C)C)CC6)c(C)c5)CC4)ccnc3c2)cc1. The molecule has 9 heteroatoms. The minimum Gasteiger partial charge on any atom is -0.444 e. The maximum absolute atomic E-state index is 13.1. The molecule has 0 spiro atoms. The van der Waals surface area contributed by atoms with Gasteiger partial charge in [0.2, 0.25) is 5.91 Å². The van der Waals surface area contributed by atoms with Crippen LogP contribution in [0.5, 0.6) is 0 Å². The molecule has 8 nitrogen and oxygen atoms in total. The molecule has 3 heterocycles. The third kappa shape index (κ3) is 9.10. The van der Waals surface area contributed by atoms with Crippen LogP contribution in [0.4, 0.5) is 16.2 Å². The summed E-state index contributed by atoms with van der Waals surface area (Å²) in [5.74, 6) is 1.88. The van der Waals surface area contributed by atoms with Crippen LogP contribution in [0.25, 0.3) is 22.0 Å². The van der Waals surface area contributed by atoms with Crippen molar-refractivity contribution in [3.8, 4) is 11.1 Å². The Morgan fingerprint density at radius 2 is 1.58 bits per heavy atom. The quantitative estimate of drug-likeness (QED) is 0.177. The van der Waals surface area contributed by atoms with Crippen LogP contribution < -0.4 is 10.2 Å². The molecular weight excluding hydrogens is 643 g/mol. The average molecular weight is 694 g/mol. The normalized spacial score (nSPS) is 15.7. The molecule has 6 rings (SSSR count). The summed E-state index contributed by atoms with van der Waals surface area (Å²) in [7, 11) is 0. The van der Waals surface area contributed by atoms with E-state index in [1.54, 1.807) is 4.90 Å². The van der Waals surface area contributed by atoms with Crippen LogP contribution >= 0.6 is 11.8 Å². The number of hydrogen-bond acceptors (Lipinski definition) is 7. The summed E-state index contributed by atoms with van der Waals surface area (Å²) in [4.78, 5) is 37.6. The Morgan fingerprint density at radius 3 is 2.28 bits per heavy atom. The van der Waals surface area contributed by atoms with Crippen molar-refractivity contribution in [2.24, 2.45) is 5.92 Å². The molecule has 2 aliphatic heterocycles. The van der Waals surface area contributed by atoms with Gasteiger partial charge in [0, 0.05) is 85.8 Å². The molecule has 0 unspecified atom stereocenters. The summed E-state index contributed by atoms with van der Waals surface area (Å²) in [6, 6.07) is 23.8. The first-order valence-corrected chi connectivity index (χ1v) is 18.9. The average Bonchev–Trinajstić information content (AvgIpc) is 3.10. The number of rotatable bonds is 9. The molecule has 1 aromatic heterocycles. The van der Waals surface area contributed by atoms with Gasteiger partial charge in [0.1, 0.15) is 5.60 Å². The molecule has 0 aliphatic carbocycles. The van der Waals surface area contributed by atoms with Gasteiger partial charge in [0.25, 0.3) is 0 Å². The van der Waals surface area contributed by atoms with E-state index in [2.05, 4.69) is 95.8 Å². The number of piperazine rings is 1. The first kappa shape index (κ1) is 35.6. The van der Waals surface area contributed by atoms with Gasteiger partial charge in [0.05, 0.1) is 5.52 Å². The van der Waals surface area contributed by atoms with Gasteiger partial charge in [0.15, 0.2) is 0 Å². The largest absolute Gasteiger partial charge is 0.444 e. The third-order valence-electron chi connectivity index (χ3n) is 9.67. The van der Waals surface area contributed by atoms with E-state index < -0.39 is 5.60 Å². The molecule has 0 atom stereocenters. The number of anilines is 2. The number of thioether (sulfide) groups is 1. The van der Waals surface area contributed by atoms with Gasteiger partial charge in [-0.3, -0.25) is 9.78 Å². The number of nitrogens with zero attached hydrogens (tertiary/aromatic N) is 4. The first-order valence-electron chi connectivity index (χ1n) is 18.0. The second kappa shape index (κ2) is 15.8. The number of fused-ring (bicyclic) bond motifs is 1. The van der Waals surface area contributed by atoms with Crippen molar-refractivity contribution in [3.05, 3.63) is 84.1 Å². The molecular formula is C41H51N5O3S. The summed E-state index contributed by atoms with van der Waals surface area (Å²) in [6.07, 6.45) is 4.25. The molecule has 2 amide bonds. The van der Waals surface area contributed by atoms with Gasteiger partial charge < -0.3 is 24.8 Å². The maximum atomic E-state index is 13.1. The molecule has 50 heavy (non-hydrogen) atoms. The molecule has 2 saturated heterocycles. The fraction of sp³-hybridized carbons (Fsp3) is 0.439. The van der Waals surface area contributed by atoms with E-state index >= 15 is 0 Å². The fourth-order valence-corrected chi connectivity index (χ4v) is 8.01. The minimum absolute atomic E-state index is 0.226. The zero-order valence-electron chi connectivity index (χ0n) is 30.2. The molecule has 3 aromatic carbocycles. The monoisotopic (exact) mass is 693 g/mol. The molecule has 2 aliphatic rings. The Hall–Kier alpha value is -4.24. The lowest BCUT2D eigenvalue weighted by Gasteiger charge is -2.37. The van der Waals surface area contributed by atoms with Crippen molar-refractivity contribution in [2.45, 2.75) is 64.4 Å². The summed E-state index contributed by atoms with van der Waals surface area (Å²) in [5.41, 5.74) is 7.60. The highest BCUT2D eigenvalue weighted by Crippen LogP contribution is 2.33. The van der Waals surface area contributed by atoms with Crippen molar-refractivity contribution < 1.29 is 14.3 Å². The Kier molecular flexibility index (Phi) is 11.2. The Morgan fingerprint density at radius 1 is 0.860 bits per heavy atom. The van der Waals surface area contributed by atoms with Crippen molar-refractivity contribution in [3.63, 3.8) is 0 Å². The maximum Gasteiger partial charge on any atom is 0.410 e. The second-order valence-electron chi connectivity index (χ2n) is 14.7. The highest BCUT2D eigenvalue weighted by Gasteiger charge is 2.27. The third-order valence-corrected chi connectivity index (χ3v) is 11.0. The highest BCUT2D eigenvalue weighted by atomic mass is 32.2. The lowest BCUT2D eigenvalue weighted by molar-refractivity contribution is -0.132. The van der Waals surface area contributed by atoms with Gasteiger partial charge in [-0.25, -0.2) is 4.79 Å². The summed E-state index contributed by atoms with van der Waals surface area (Å²) >= 11 is 1.92. The first-order chi connectivity index (χ1) is 24.0. The van der Waals surface area contributed by atoms with Crippen molar-refractivity contribution >= 4 is 46.0 Å². The number of amides is 2. The second-order valence-corrected chi connectivity index (χ2v) is 15.7. The molecule has 4 aromatic rings. The number of carbonyl (C=O) groups is 2.